The van der Waals surface area contributed by atoms with E-state index in [-0.39, 0.29) is 12.0 Å². The summed E-state index contributed by atoms with van der Waals surface area (Å²) in [5.41, 5.74) is 0.302. The van der Waals surface area contributed by atoms with Crippen LogP contribution in [0.5, 0.6) is 0 Å². The summed E-state index contributed by atoms with van der Waals surface area (Å²) in [4.78, 5) is 16.0. The first-order chi connectivity index (χ1) is 10.6. The zero-order valence-electron chi connectivity index (χ0n) is 12.9. The van der Waals surface area contributed by atoms with Crippen LogP contribution in [-0.4, -0.2) is 37.9 Å². The molecule has 0 amide bonds. The van der Waals surface area contributed by atoms with Gasteiger partial charge in [0.25, 0.3) is 0 Å². The van der Waals surface area contributed by atoms with Gasteiger partial charge in [-0.25, -0.2) is 4.98 Å². The van der Waals surface area contributed by atoms with Gasteiger partial charge in [-0.2, -0.15) is 0 Å². The number of aromatic nitrogens is 2. The average molecular weight is 307 g/mol. The van der Waals surface area contributed by atoms with Gasteiger partial charge < -0.3 is 14.8 Å². The van der Waals surface area contributed by atoms with Crippen molar-refractivity contribution in [3.63, 3.8) is 0 Å². The fraction of sp³-hybridized carbons (Fsp3) is 0.750. The van der Waals surface area contributed by atoms with Crippen molar-refractivity contribution in [2.24, 2.45) is 5.41 Å². The monoisotopic (exact) mass is 307 g/mol. The van der Waals surface area contributed by atoms with Crippen LogP contribution in [0.1, 0.15) is 50.6 Å². The molecule has 0 atom stereocenters. The second kappa shape index (κ2) is 6.01. The Bertz CT molecular complexity index is 526. The molecule has 6 heteroatoms. The quantitative estimate of drug-likeness (QED) is 0.742. The minimum Gasteiger partial charge on any atom is -0.480 e. The summed E-state index contributed by atoms with van der Waals surface area (Å²) in [6, 6.07) is 0. The van der Waals surface area contributed by atoms with Gasteiger partial charge in [0, 0.05) is 19.3 Å². The molecular formula is C16H25N3O3. The number of aliphatic hydroxyl groups is 1. The highest BCUT2D eigenvalue weighted by atomic mass is 16.4. The number of hydrogen-bond acceptors (Lipinski definition) is 4. The van der Waals surface area contributed by atoms with E-state index in [1.165, 1.54) is 32.1 Å². The molecule has 1 spiro atoms. The second-order valence-corrected chi connectivity index (χ2v) is 6.98. The van der Waals surface area contributed by atoms with Gasteiger partial charge in [0.1, 0.15) is 5.54 Å². The maximum absolute atomic E-state index is 11.7. The Kier molecular flexibility index (Phi) is 4.23. The third-order valence-electron chi connectivity index (χ3n) is 5.33. The zero-order valence-corrected chi connectivity index (χ0v) is 12.9. The van der Waals surface area contributed by atoms with Crippen LogP contribution in [0, 0.1) is 5.41 Å². The Balaban J connectivity index is 1.59. The number of aliphatic hydroxyl groups excluding tert-OH is 1. The summed E-state index contributed by atoms with van der Waals surface area (Å²) in [7, 11) is 0. The van der Waals surface area contributed by atoms with Crippen molar-refractivity contribution in [2.75, 3.05) is 6.61 Å². The van der Waals surface area contributed by atoms with Gasteiger partial charge in [-0.05, 0) is 31.1 Å². The maximum atomic E-state index is 11.7. The molecule has 0 radical (unpaired) electrons. The van der Waals surface area contributed by atoms with Crippen molar-refractivity contribution in [1.82, 2.24) is 14.9 Å². The summed E-state index contributed by atoms with van der Waals surface area (Å²) in [6.45, 7) is 1.05. The molecule has 3 N–H and O–H groups in total. The second-order valence-electron chi connectivity index (χ2n) is 6.98. The summed E-state index contributed by atoms with van der Waals surface area (Å²) in [5, 5.41) is 21.8. The van der Waals surface area contributed by atoms with Crippen LogP contribution in [0.4, 0.5) is 0 Å². The lowest BCUT2D eigenvalue weighted by Crippen LogP contribution is -2.65. The van der Waals surface area contributed by atoms with Gasteiger partial charge in [-0.3, -0.25) is 10.1 Å². The number of hydrogen-bond donors (Lipinski definition) is 3. The van der Waals surface area contributed by atoms with E-state index in [0.717, 1.165) is 18.5 Å². The molecule has 2 saturated carbocycles. The number of nitrogens with one attached hydrogen (secondary N) is 1. The summed E-state index contributed by atoms with van der Waals surface area (Å²) < 4.78 is 1.81. The van der Waals surface area contributed by atoms with E-state index in [2.05, 4.69) is 10.3 Å². The highest BCUT2D eigenvalue weighted by molar-refractivity contribution is 5.80. The molecule has 0 aromatic carbocycles. The van der Waals surface area contributed by atoms with Crippen molar-refractivity contribution in [3.8, 4) is 0 Å². The van der Waals surface area contributed by atoms with Crippen molar-refractivity contribution in [3.05, 3.63) is 18.2 Å². The van der Waals surface area contributed by atoms with E-state index in [1.54, 1.807) is 6.33 Å². The van der Waals surface area contributed by atoms with E-state index in [4.69, 9.17) is 5.11 Å². The summed E-state index contributed by atoms with van der Waals surface area (Å²) in [5.74, 6) is -0.738. The molecule has 122 valence electrons. The predicted molar refractivity (Wildman–Crippen MR) is 81.3 cm³/mol. The molecule has 22 heavy (non-hydrogen) atoms. The Morgan fingerprint density at radius 2 is 2.05 bits per heavy atom. The minimum absolute atomic E-state index is 0.0742. The molecule has 1 aromatic heterocycles. The van der Waals surface area contributed by atoms with Crippen molar-refractivity contribution >= 4 is 5.97 Å². The van der Waals surface area contributed by atoms with Crippen LogP contribution in [0.3, 0.4) is 0 Å². The fourth-order valence-corrected chi connectivity index (χ4v) is 4.23. The molecule has 1 heterocycles. The van der Waals surface area contributed by atoms with Crippen molar-refractivity contribution < 1.29 is 15.0 Å². The normalized spacial score (nSPS) is 22.4. The first-order valence-corrected chi connectivity index (χ1v) is 8.18. The number of nitrogens with zero attached hydrogens (tertiary/aromatic N) is 2. The Morgan fingerprint density at radius 3 is 2.68 bits per heavy atom. The summed E-state index contributed by atoms with van der Waals surface area (Å²) in [6.07, 6.45) is 11.1. The van der Waals surface area contributed by atoms with E-state index in [1.807, 2.05) is 10.8 Å². The van der Waals surface area contributed by atoms with Gasteiger partial charge in [0.2, 0.25) is 0 Å². The Labute approximate surface area is 130 Å². The van der Waals surface area contributed by atoms with Crippen LogP contribution >= 0.6 is 0 Å². The standard InChI is InChI=1S/C16H25N3O3/c20-7-6-19-9-13(17-12-19)8-18-16(14(21)22)10-15(11-16)4-2-1-3-5-15/h9,12,18,20H,1-8,10-11H2,(H,21,22). The van der Waals surface area contributed by atoms with Crippen molar-refractivity contribution in [2.45, 2.75) is 63.6 Å². The number of carboxylic acid groups (broad SMARTS) is 1. The number of imidazole rings is 1. The molecule has 3 rings (SSSR count). The zero-order chi connectivity index (χ0) is 15.6. The minimum atomic E-state index is -0.780. The molecule has 2 aliphatic rings. The van der Waals surface area contributed by atoms with E-state index in [0.29, 0.717) is 13.1 Å². The third-order valence-corrected chi connectivity index (χ3v) is 5.33. The Hall–Kier alpha value is -1.40. The van der Waals surface area contributed by atoms with Gasteiger partial charge in [-0.1, -0.05) is 19.3 Å². The Morgan fingerprint density at radius 1 is 1.32 bits per heavy atom. The first-order valence-electron chi connectivity index (χ1n) is 8.18. The number of carboxylic acids is 1. The molecule has 0 saturated heterocycles. The fourth-order valence-electron chi connectivity index (χ4n) is 4.23. The van der Waals surface area contributed by atoms with Gasteiger partial charge in [0.05, 0.1) is 18.6 Å². The highest BCUT2D eigenvalue weighted by Gasteiger charge is 2.58. The topological polar surface area (TPSA) is 87.4 Å². The highest BCUT2D eigenvalue weighted by Crippen LogP contribution is 2.56. The van der Waals surface area contributed by atoms with E-state index < -0.39 is 11.5 Å². The largest absolute Gasteiger partial charge is 0.480 e. The molecule has 2 aliphatic carbocycles. The smallest absolute Gasteiger partial charge is 0.323 e. The predicted octanol–water partition coefficient (Wildman–Crippen LogP) is 1.53. The lowest BCUT2D eigenvalue weighted by atomic mass is 9.52. The number of carbonyl (C=O) groups is 1. The molecule has 6 nitrogen and oxygen atoms in total. The third kappa shape index (κ3) is 2.90. The summed E-state index contributed by atoms with van der Waals surface area (Å²) >= 11 is 0. The SMILES string of the molecule is O=C(O)C1(NCc2cn(CCO)cn2)CC2(CCCCC2)C1. The van der Waals surface area contributed by atoms with Crippen molar-refractivity contribution in [1.29, 1.82) is 0 Å². The number of rotatable bonds is 6. The molecule has 1 aromatic rings. The van der Waals surface area contributed by atoms with E-state index in [9.17, 15) is 9.90 Å². The lowest BCUT2D eigenvalue weighted by Gasteiger charge is -2.56. The molecule has 0 bridgehead atoms. The average Bonchev–Trinajstić information content (AvgIpc) is 2.91. The van der Waals surface area contributed by atoms with Crippen LogP contribution in [0.2, 0.25) is 0 Å². The van der Waals surface area contributed by atoms with Gasteiger partial charge in [-0.15, -0.1) is 0 Å². The van der Waals surface area contributed by atoms with Gasteiger partial charge >= 0.3 is 5.97 Å². The molecule has 0 unspecified atom stereocenters. The van der Waals surface area contributed by atoms with Crippen LogP contribution < -0.4 is 5.32 Å². The molecular weight excluding hydrogens is 282 g/mol. The van der Waals surface area contributed by atoms with Crippen LogP contribution in [-0.2, 0) is 17.9 Å². The van der Waals surface area contributed by atoms with Crippen LogP contribution in [0.15, 0.2) is 12.5 Å². The first kappa shape index (κ1) is 15.5. The molecule has 2 fully saturated rings. The lowest BCUT2D eigenvalue weighted by molar-refractivity contribution is -0.159. The molecule has 0 aliphatic heterocycles. The maximum Gasteiger partial charge on any atom is 0.323 e. The number of aliphatic carboxylic acids is 1. The van der Waals surface area contributed by atoms with E-state index >= 15 is 0 Å². The van der Waals surface area contributed by atoms with Crippen LogP contribution in [0.25, 0.3) is 0 Å². The van der Waals surface area contributed by atoms with Gasteiger partial charge in [0.15, 0.2) is 0 Å².